The monoisotopic (exact) mass is 428 g/mol. The molecule has 0 fully saturated rings. The Hall–Kier alpha value is 1.48. The third kappa shape index (κ3) is 27.8. The predicted molar refractivity (Wildman–Crippen MR) is 121 cm³/mol. The average Bonchev–Trinajstić information content (AvgIpc) is 2.60. The summed E-state index contributed by atoms with van der Waals surface area (Å²) in [7, 11) is 0. The molecule has 0 atom stereocenters. The van der Waals surface area contributed by atoms with Crippen LogP contribution >= 0.6 is 0 Å². The minimum Gasteiger partial charge on any atom is -1.00 e. The van der Waals surface area contributed by atoms with Gasteiger partial charge in [-0.05, 0) is 0 Å². The molecule has 0 aromatic heterocycles. The summed E-state index contributed by atoms with van der Waals surface area (Å²) in [5, 5.41) is 0. The zero-order valence-electron chi connectivity index (χ0n) is 20.3. The molecule has 0 radical (unpaired) electrons. The van der Waals surface area contributed by atoms with Crippen LogP contribution in [0, 0.1) is 0 Å². The fourth-order valence-electron chi connectivity index (χ4n) is 3.68. The number of hydrogen-bond acceptors (Lipinski definition) is 0. The summed E-state index contributed by atoms with van der Waals surface area (Å²) in [5.74, 6) is 0. The quantitative estimate of drug-likeness (QED) is 0.126. The smallest absolute Gasteiger partial charge is 1.00 e. The molecule has 0 saturated heterocycles. The van der Waals surface area contributed by atoms with E-state index in [9.17, 15) is 0 Å². The second-order valence-electron chi connectivity index (χ2n) is 8.07. The van der Waals surface area contributed by atoms with Crippen LogP contribution in [0.25, 0.3) is 0 Å². The van der Waals surface area contributed by atoms with E-state index in [0.717, 1.165) is 0 Å². The van der Waals surface area contributed by atoms with Gasteiger partial charge in [-0.15, -0.1) is 0 Å². The Morgan fingerprint density at radius 3 is 0.520 bits per heavy atom. The predicted octanol–water partition coefficient (Wildman–Crippen LogP) is 9.45. The van der Waals surface area contributed by atoms with Crippen molar-refractivity contribution in [2.45, 2.75) is 155 Å². The van der Waals surface area contributed by atoms with Crippen molar-refractivity contribution in [3.05, 3.63) is 0 Å². The van der Waals surface area contributed by atoms with Gasteiger partial charge in [0.05, 0.1) is 0 Å². The Morgan fingerprint density at radius 1 is 0.280 bits per heavy atom. The molecule has 1 heteroatoms. The van der Waals surface area contributed by atoms with Crippen molar-refractivity contribution in [1.29, 1.82) is 0 Å². The maximum atomic E-state index is 2.30. The van der Waals surface area contributed by atoms with Crippen molar-refractivity contribution >= 4 is 45.5 Å². The first-order valence-electron chi connectivity index (χ1n) is 11.9. The fourth-order valence-corrected chi connectivity index (χ4v) is 3.68. The van der Waals surface area contributed by atoms with Crippen molar-refractivity contribution in [2.24, 2.45) is 0 Å². The molecule has 150 valence electrons. The van der Waals surface area contributed by atoms with Crippen LogP contribution in [0.15, 0.2) is 0 Å². The van der Waals surface area contributed by atoms with Gasteiger partial charge in [-0.2, -0.15) is 0 Å². The molecule has 0 saturated carbocycles. The maximum absolute atomic E-state index is 2.30. The molecule has 25 heavy (non-hydrogen) atoms. The molecule has 0 nitrogen and oxygen atoms in total. The first kappa shape index (κ1) is 28.7. The molecule has 0 aliphatic heterocycles. The van der Waals surface area contributed by atoms with Crippen LogP contribution in [-0.4, -0.2) is 45.5 Å². The third-order valence-electron chi connectivity index (χ3n) is 5.46. The van der Waals surface area contributed by atoms with Gasteiger partial charge in [0.15, 0.2) is 0 Å². The van der Waals surface area contributed by atoms with Crippen molar-refractivity contribution in [3.63, 3.8) is 0 Å². The second-order valence-corrected chi connectivity index (χ2v) is 8.07. The van der Waals surface area contributed by atoms with Crippen molar-refractivity contribution in [1.82, 2.24) is 0 Å². The minimum atomic E-state index is 0. The van der Waals surface area contributed by atoms with E-state index in [1.807, 2.05) is 0 Å². The average molecular weight is 428 g/mol. The zero-order chi connectivity index (χ0) is 17.6. The van der Waals surface area contributed by atoms with Gasteiger partial charge >= 0.3 is 45.5 Å². The van der Waals surface area contributed by atoms with Crippen LogP contribution in [0.3, 0.4) is 0 Å². The standard InChI is InChI=1S/C24H50.Sr.2H/c1-3-5-7-9-11-13-15-17-19-21-23-24-22-20-18-16-14-12-10-8-6-4-2;;;/h3-24H2,1-2H3;;;/q;+2;2*-1. The van der Waals surface area contributed by atoms with Gasteiger partial charge in [-0.3, -0.25) is 0 Å². The molecular formula is C24H52Sr. The van der Waals surface area contributed by atoms with Gasteiger partial charge in [0.2, 0.25) is 0 Å². The maximum Gasteiger partial charge on any atom is 2.00 e. The Kier molecular flexibility index (Phi) is 31.8. The first-order chi connectivity index (χ1) is 11.9. The summed E-state index contributed by atoms with van der Waals surface area (Å²) in [6.07, 6.45) is 32.4. The number of hydrogen-bond donors (Lipinski definition) is 0. The summed E-state index contributed by atoms with van der Waals surface area (Å²) in [6, 6.07) is 0. The van der Waals surface area contributed by atoms with Gasteiger partial charge in [-0.1, -0.05) is 155 Å². The van der Waals surface area contributed by atoms with Crippen LogP contribution in [0.2, 0.25) is 0 Å². The SMILES string of the molecule is CCCCCCCCCCCCCCCCCCCCCCCC.[H-].[H-].[Sr+2]. The molecule has 0 aliphatic carbocycles. The molecule has 0 heterocycles. The van der Waals surface area contributed by atoms with Crippen LogP contribution in [0.4, 0.5) is 0 Å². The molecule has 0 unspecified atom stereocenters. The van der Waals surface area contributed by atoms with Gasteiger partial charge in [0.25, 0.3) is 0 Å². The number of rotatable bonds is 21. The third-order valence-corrected chi connectivity index (χ3v) is 5.46. The summed E-state index contributed by atoms with van der Waals surface area (Å²) in [6.45, 7) is 4.60. The Balaban J connectivity index is -0.000000882. The molecular weight excluding hydrogens is 376 g/mol. The summed E-state index contributed by atoms with van der Waals surface area (Å²) >= 11 is 0. The van der Waals surface area contributed by atoms with E-state index in [0.29, 0.717) is 0 Å². The van der Waals surface area contributed by atoms with Gasteiger partial charge in [-0.25, -0.2) is 0 Å². The normalized spacial score (nSPS) is 10.8. The largest absolute Gasteiger partial charge is 2.00 e. The van der Waals surface area contributed by atoms with E-state index in [1.54, 1.807) is 0 Å². The Labute approximate surface area is 201 Å². The van der Waals surface area contributed by atoms with Crippen molar-refractivity contribution in [2.75, 3.05) is 0 Å². The molecule has 0 spiro atoms. The van der Waals surface area contributed by atoms with E-state index in [4.69, 9.17) is 0 Å². The first-order valence-corrected chi connectivity index (χ1v) is 11.9. The van der Waals surface area contributed by atoms with E-state index in [-0.39, 0.29) is 48.3 Å². The second kappa shape index (κ2) is 27.7. The van der Waals surface area contributed by atoms with Crippen LogP contribution in [0.5, 0.6) is 0 Å². The van der Waals surface area contributed by atoms with E-state index < -0.39 is 0 Å². The molecule has 0 aromatic rings. The van der Waals surface area contributed by atoms with Crippen molar-refractivity contribution < 1.29 is 2.85 Å². The zero-order valence-corrected chi connectivity index (χ0v) is 21.7. The van der Waals surface area contributed by atoms with Crippen LogP contribution in [-0.2, 0) is 0 Å². The summed E-state index contributed by atoms with van der Waals surface area (Å²) in [5.41, 5.74) is 0. The van der Waals surface area contributed by atoms with E-state index in [1.165, 1.54) is 141 Å². The molecule has 0 amide bonds. The van der Waals surface area contributed by atoms with Gasteiger partial charge in [0, 0.05) is 0 Å². The van der Waals surface area contributed by atoms with Gasteiger partial charge in [0.1, 0.15) is 0 Å². The summed E-state index contributed by atoms with van der Waals surface area (Å²) in [4.78, 5) is 0. The molecule has 0 bridgehead atoms. The van der Waals surface area contributed by atoms with Crippen LogP contribution < -0.4 is 0 Å². The molecule has 0 aromatic carbocycles. The van der Waals surface area contributed by atoms with E-state index >= 15 is 0 Å². The Bertz CT molecular complexity index is 191. The number of unbranched alkanes of at least 4 members (excludes halogenated alkanes) is 21. The van der Waals surface area contributed by atoms with Gasteiger partial charge < -0.3 is 2.85 Å². The fraction of sp³-hybridized carbons (Fsp3) is 1.00. The van der Waals surface area contributed by atoms with Crippen LogP contribution in [0.1, 0.15) is 158 Å². The Morgan fingerprint density at radius 2 is 0.400 bits per heavy atom. The molecule has 0 rings (SSSR count). The van der Waals surface area contributed by atoms with Crippen molar-refractivity contribution in [3.8, 4) is 0 Å². The molecule has 0 aliphatic rings. The summed E-state index contributed by atoms with van der Waals surface area (Å²) < 4.78 is 0. The minimum absolute atomic E-state index is 0. The van der Waals surface area contributed by atoms with E-state index in [2.05, 4.69) is 13.8 Å². The topological polar surface area (TPSA) is 0 Å². The molecule has 0 N–H and O–H groups in total.